The summed E-state index contributed by atoms with van der Waals surface area (Å²) in [6.45, 7) is 2.96. The number of rotatable bonds is 5. The normalized spacial score (nSPS) is 10.5. The molecule has 0 aliphatic rings. The topological polar surface area (TPSA) is 57.4 Å². The van der Waals surface area contributed by atoms with E-state index in [1.807, 2.05) is 36.6 Å². The van der Waals surface area contributed by atoms with Crippen LogP contribution in [0.15, 0.2) is 29.6 Å². The summed E-state index contributed by atoms with van der Waals surface area (Å²) >= 11 is 1.57. The van der Waals surface area contributed by atoms with Gasteiger partial charge in [0.25, 0.3) is 0 Å². The zero-order valence-corrected chi connectivity index (χ0v) is 10.4. The number of hydrogen-bond acceptors (Lipinski definition) is 5. The minimum absolute atomic E-state index is 0.335. The maximum absolute atomic E-state index is 5.45. The molecule has 2 N–H and O–H groups in total. The molecule has 1 aromatic carbocycles. The van der Waals surface area contributed by atoms with Crippen molar-refractivity contribution in [2.24, 2.45) is 5.90 Å². The van der Waals surface area contributed by atoms with Gasteiger partial charge in [-0.25, -0.2) is 10.9 Å². The summed E-state index contributed by atoms with van der Waals surface area (Å²) in [5.74, 6) is 5.87. The summed E-state index contributed by atoms with van der Waals surface area (Å²) in [4.78, 5) is 8.99. The smallest absolute Gasteiger partial charge is 0.123 e. The lowest BCUT2D eigenvalue weighted by atomic mass is 10.2. The first-order valence-corrected chi connectivity index (χ1v) is 6.20. The Balaban J connectivity index is 2.22. The first-order chi connectivity index (χ1) is 8.33. The molecule has 90 valence electrons. The largest absolute Gasteiger partial charge is 0.494 e. The Kier molecular flexibility index (Phi) is 4.08. The molecule has 1 aromatic heterocycles. The predicted octanol–water partition coefficient (Wildman–Crippen LogP) is 2.60. The zero-order valence-electron chi connectivity index (χ0n) is 9.55. The fourth-order valence-electron chi connectivity index (χ4n) is 1.48. The SMILES string of the molecule is CCOc1cccc(-c2nc(CON)cs2)c1. The van der Waals surface area contributed by atoms with E-state index in [1.54, 1.807) is 11.3 Å². The van der Waals surface area contributed by atoms with Crippen LogP contribution < -0.4 is 10.6 Å². The first kappa shape index (κ1) is 12.0. The van der Waals surface area contributed by atoms with Crippen LogP contribution in [0.2, 0.25) is 0 Å². The molecular weight excluding hydrogens is 236 g/mol. The van der Waals surface area contributed by atoms with Crippen LogP contribution in [0.25, 0.3) is 10.6 Å². The molecule has 1 heterocycles. The van der Waals surface area contributed by atoms with E-state index in [4.69, 9.17) is 10.6 Å². The summed E-state index contributed by atoms with van der Waals surface area (Å²) < 4.78 is 5.45. The summed E-state index contributed by atoms with van der Waals surface area (Å²) in [6.07, 6.45) is 0. The van der Waals surface area contributed by atoms with Crippen molar-refractivity contribution >= 4 is 11.3 Å². The quantitative estimate of drug-likeness (QED) is 0.829. The Hall–Kier alpha value is -1.43. The van der Waals surface area contributed by atoms with E-state index in [1.165, 1.54) is 0 Å². The fraction of sp³-hybridized carbons (Fsp3) is 0.250. The molecule has 0 saturated carbocycles. The lowest BCUT2D eigenvalue weighted by molar-refractivity contribution is 0.122. The zero-order chi connectivity index (χ0) is 12.1. The van der Waals surface area contributed by atoms with Gasteiger partial charge in [-0.15, -0.1) is 11.3 Å². The average molecular weight is 250 g/mol. The van der Waals surface area contributed by atoms with Gasteiger partial charge in [0.2, 0.25) is 0 Å². The van der Waals surface area contributed by atoms with E-state index in [-0.39, 0.29) is 0 Å². The molecule has 0 bridgehead atoms. The molecule has 0 aliphatic heterocycles. The minimum atomic E-state index is 0.335. The lowest BCUT2D eigenvalue weighted by Crippen LogP contribution is -1.98. The van der Waals surface area contributed by atoms with Crippen LogP contribution in [0, 0.1) is 0 Å². The second-order valence-corrected chi connectivity index (χ2v) is 4.27. The standard InChI is InChI=1S/C12H14N2O2S/c1-2-15-11-5-3-4-9(6-11)12-14-10(7-16-13)8-17-12/h3-6,8H,2,7,13H2,1H3. The highest BCUT2D eigenvalue weighted by molar-refractivity contribution is 7.13. The van der Waals surface area contributed by atoms with Crippen LogP contribution in [0.3, 0.4) is 0 Å². The van der Waals surface area contributed by atoms with Gasteiger partial charge in [-0.1, -0.05) is 12.1 Å². The molecule has 0 atom stereocenters. The Bertz CT molecular complexity index is 485. The summed E-state index contributed by atoms with van der Waals surface area (Å²) in [5.41, 5.74) is 1.89. The van der Waals surface area contributed by atoms with Crippen LogP contribution in [0.4, 0.5) is 0 Å². The van der Waals surface area contributed by atoms with Crippen molar-refractivity contribution in [3.63, 3.8) is 0 Å². The van der Waals surface area contributed by atoms with Crippen molar-refractivity contribution in [2.45, 2.75) is 13.5 Å². The maximum atomic E-state index is 5.45. The molecule has 4 nitrogen and oxygen atoms in total. The average Bonchev–Trinajstić information content (AvgIpc) is 2.79. The first-order valence-electron chi connectivity index (χ1n) is 5.32. The third-order valence-corrected chi connectivity index (χ3v) is 3.12. The second-order valence-electron chi connectivity index (χ2n) is 3.42. The van der Waals surface area contributed by atoms with Crippen molar-refractivity contribution in [2.75, 3.05) is 6.61 Å². The van der Waals surface area contributed by atoms with E-state index < -0.39 is 0 Å². The highest BCUT2D eigenvalue weighted by Gasteiger charge is 2.05. The maximum Gasteiger partial charge on any atom is 0.123 e. The highest BCUT2D eigenvalue weighted by Crippen LogP contribution is 2.27. The molecule has 5 heteroatoms. The summed E-state index contributed by atoms with van der Waals surface area (Å²) in [7, 11) is 0. The summed E-state index contributed by atoms with van der Waals surface area (Å²) in [5, 5.41) is 2.88. The van der Waals surface area contributed by atoms with E-state index in [9.17, 15) is 0 Å². The fourth-order valence-corrected chi connectivity index (χ4v) is 2.28. The van der Waals surface area contributed by atoms with E-state index >= 15 is 0 Å². The minimum Gasteiger partial charge on any atom is -0.494 e. The van der Waals surface area contributed by atoms with Crippen LogP contribution in [-0.4, -0.2) is 11.6 Å². The van der Waals surface area contributed by atoms with Gasteiger partial charge in [-0.3, -0.25) is 4.84 Å². The van der Waals surface area contributed by atoms with Gasteiger partial charge in [-0.05, 0) is 19.1 Å². The third kappa shape index (κ3) is 3.03. The van der Waals surface area contributed by atoms with Gasteiger partial charge in [0.05, 0.1) is 12.3 Å². The van der Waals surface area contributed by atoms with Crippen molar-refractivity contribution in [3.8, 4) is 16.3 Å². The van der Waals surface area contributed by atoms with Crippen molar-refractivity contribution in [3.05, 3.63) is 35.3 Å². The molecular formula is C12H14N2O2S. The van der Waals surface area contributed by atoms with Crippen molar-refractivity contribution in [1.82, 2.24) is 4.98 Å². The van der Waals surface area contributed by atoms with Gasteiger partial charge in [0.15, 0.2) is 0 Å². The van der Waals surface area contributed by atoms with Gasteiger partial charge >= 0.3 is 0 Å². The number of ether oxygens (including phenoxy) is 1. The number of nitrogens with two attached hydrogens (primary N) is 1. The van der Waals surface area contributed by atoms with E-state index in [2.05, 4.69) is 9.82 Å². The summed E-state index contributed by atoms with van der Waals surface area (Å²) in [6, 6.07) is 7.88. The number of thiazole rings is 1. The van der Waals surface area contributed by atoms with Gasteiger partial charge in [0.1, 0.15) is 17.4 Å². The third-order valence-electron chi connectivity index (χ3n) is 2.17. The van der Waals surface area contributed by atoms with Crippen molar-refractivity contribution < 1.29 is 9.57 Å². The molecule has 2 rings (SSSR count). The second kappa shape index (κ2) is 5.77. The Morgan fingerprint density at radius 1 is 1.41 bits per heavy atom. The predicted molar refractivity (Wildman–Crippen MR) is 67.7 cm³/mol. The molecule has 0 unspecified atom stereocenters. The molecule has 0 aliphatic carbocycles. The number of aromatic nitrogens is 1. The van der Waals surface area contributed by atoms with Crippen LogP contribution in [0.1, 0.15) is 12.6 Å². The van der Waals surface area contributed by atoms with Crippen molar-refractivity contribution in [1.29, 1.82) is 0 Å². The van der Waals surface area contributed by atoms with Crippen LogP contribution in [-0.2, 0) is 11.4 Å². The Morgan fingerprint density at radius 2 is 2.29 bits per heavy atom. The van der Waals surface area contributed by atoms with Crippen LogP contribution >= 0.6 is 11.3 Å². The molecule has 2 aromatic rings. The molecule has 0 fully saturated rings. The van der Waals surface area contributed by atoms with Gasteiger partial charge in [-0.2, -0.15) is 0 Å². The van der Waals surface area contributed by atoms with Gasteiger partial charge < -0.3 is 4.74 Å². The lowest BCUT2D eigenvalue weighted by Gasteiger charge is -2.03. The van der Waals surface area contributed by atoms with Gasteiger partial charge in [0, 0.05) is 10.9 Å². The Morgan fingerprint density at radius 3 is 3.06 bits per heavy atom. The van der Waals surface area contributed by atoms with E-state index in [0.717, 1.165) is 22.0 Å². The molecule has 17 heavy (non-hydrogen) atoms. The van der Waals surface area contributed by atoms with E-state index in [0.29, 0.717) is 13.2 Å². The molecule has 0 spiro atoms. The molecule has 0 amide bonds. The molecule has 0 radical (unpaired) electrons. The Labute approximate surface area is 104 Å². The number of benzene rings is 1. The highest BCUT2D eigenvalue weighted by atomic mass is 32.1. The molecule has 0 saturated heterocycles. The van der Waals surface area contributed by atoms with Crippen LogP contribution in [0.5, 0.6) is 5.75 Å². The number of nitrogens with zero attached hydrogens (tertiary/aromatic N) is 1. The number of hydrogen-bond donors (Lipinski definition) is 1. The monoisotopic (exact) mass is 250 g/mol.